The summed E-state index contributed by atoms with van der Waals surface area (Å²) in [7, 11) is 0. The minimum absolute atomic E-state index is 0.134. The number of pyridine rings is 1. The van der Waals surface area contributed by atoms with Gasteiger partial charge in [0.2, 0.25) is 5.95 Å². The van der Waals surface area contributed by atoms with Crippen LogP contribution in [0.4, 0.5) is 23.9 Å². The number of anilines is 1. The fourth-order valence-corrected chi connectivity index (χ4v) is 6.26. The first-order valence-electron chi connectivity index (χ1n) is 15.6. The predicted octanol–water partition coefficient (Wildman–Crippen LogP) is 5.82. The van der Waals surface area contributed by atoms with E-state index in [1.165, 1.54) is 0 Å². The van der Waals surface area contributed by atoms with Gasteiger partial charge in [0.05, 0.1) is 16.3 Å². The Hall–Kier alpha value is -5.08. The zero-order chi connectivity index (χ0) is 34.4. The van der Waals surface area contributed by atoms with Crippen molar-refractivity contribution >= 4 is 40.8 Å². The van der Waals surface area contributed by atoms with Gasteiger partial charge in [0.25, 0.3) is 17.1 Å². The molecular formula is C35H32F3N7O3S. The van der Waals surface area contributed by atoms with Crippen LogP contribution < -0.4 is 20.9 Å². The van der Waals surface area contributed by atoms with Gasteiger partial charge in [-0.3, -0.25) is 19.7 Å². The molecule has 252 valence electrons. The highest BCUT2D eigenvalue weighted by atomic mass is 32.2. The van der Waals surface area contributed by atoms with E-state index in [9.17, 15) is 27.6 Å². The van der Waals surface area contributed by atoms with E-state index in [4.69, 9.17) is 0 Å². The maximum Gasteiger partial charge on any atom is 0.433 e. The first-order valence-corrected chi connectivity index (χ1v) is 16.5. The van der Waals surface area contributed by atoms with E-state index in [0.29, 0.717) is 60.4 Å². The van der Waals surface area contributed by atoms with Crippen molar-refractivity contribution < 1.29 is 27.6 Å². The fourth-order valence-electron chi connectivity index (χ4n) is 5.59. The molecule has 0 bridgehead atoms. The second-order valence-corrected chi connectivity index (χ2v) is 12.7. The normalized spacial score (nSPS) is 16.2. The zero-order valence-electron chi connectivity index (χ0n) is 26.2. The number of alkyl halides is 3. The highest BCUT2D eigenvalue weighted by Crippen LogP contribution is 2.31. The molecule has 2 aliphatic heterocycles. The third-order valence-electron chi connectivity index (χ3n) is 8.14. The third-order valence-corrected chi connectivity index (χ3v) is 8.95. The highest BCUT2D eigenvalue weighted by Gasteiger charge is 2.33. The summed E-state index contributed by atoms with van der Waals surface area (Å²) in [6.07, 6.45) is 0.169. The van der Waals surface area contributed by atoms with Crippen LogP contribution in [-0.2, 0) is 24.1 Å². The van der Waals surface area contributed by atoms with Crippen LogP contribution in [0.2, 0.25) is 0 Å². The summed E-state index contributed by atoms with van der Waals surface area (Å²) in [4.78, 5) is 51.3. The molecule has 2 aromatic carbocycles. The lowest BCUT2D eigenvalue weighted by Crippen LogP contribution is -2.38. The molecular weight excluding hydrogens is 655 g/mol. The monoisotopic (exact) mass is 687 g/mol. The molecule has 2 saturated heterocycles. The van der Waals surface area contributed by atoms with Crippen molar-refractivity contribution in [1.82, 2.24) is 30.9 Å². The molecule has 3 N–H and O–H groups in total. The summed E-state index contributed by atoms with van der Waals surface area (Å²) in [6.45, 7) is 2.52. The number of carbonyl (C=O) groups excluding carboxylic acids is 3. The van der Waals surface area contributed by atoms with E-state index < -0.39 is 23.0 Å². The van der Waals surface area contributed by atoms with Crippen molar-refractivity contribution in [2.45, 2.75) is 32.1 Å². The number of piperidine rings is 1. The van der Waals surface area contributed by atoms with E-state index in [0.717, 1.165) is 36.2 Å². The third kappa shape index (κ3) is 8.89. The molecule has 0 unspecified atom stereocenters. The summed E-state index contributed by atoms with van der Waals surface area (Å²) in [6, 6.07) is 20.2. The van der Waals surface area contributed by atoms with Crippen LogP contribution >= 0.6 is 11.8 Å². The molecule has 0 aliphatic carbocycles. The summed E-state index contributed by atoms with van der Waals surface area (Å²) >= 11 is 0.827. The van der Waals surface area contributed by atoms with Crippen molar-refractivity contribution in [1.29, 1.82) is 0 Å². The van der Waals surface area contributed by atoms with Crippen molar-refractivity contribution in [3.8, 4) is 11.3 Å². The number of hydrogen-bond acceptors (Lipinski definition) is 9. The van der Waals surface area contributed by atoms with E-state index >= 15 is 0 Å². The fraction of sp³-hybridized carbons (Fsp3) is 0.257. The molecule has 49 heavy (non-hydrogen) atoms. The van der Waals surface area contributed by atoms with Gasteiger partial charge in [-0.25, -0.2) is 15.0 Å². The van der Waals surface area contributed by atoms with E-state index in [-0.39, 0.29) is 23.1 Å². The minimum Gasteiger partial charge on any atom is -0.348 e. The van der Waals surface area contributed by atoms with Gasteiger partial charge in [0.15, 0.2) is 0 Å². The largest absolute Gasteiger partial charge is 0.433 e. The molecule has 6 rings (SSSR count). The van der Waals surface area contributed by atoms with Crippen molar-refractivity contribution in [2.24, 2.45) is 5.92 Å². The molecule has 2 fully saturated rings. The second kappa shape index (κ2) is 15.0. The van der Waals surface area contributed by atoms with Crippen LogP contribution in [0, 0.1) is 5.92 Å². The Morgan fingerprint density at radius 2 is 1.76 bits per heavy atom. The maximum absolute atomic E-state index is 13.9. The number of thioether (sulfide) groups is 1. The molecule has 4 aromatic rings. The highest BCUT2D eigenvalue weighted by molar-refractivity contribution is 8.18. The minimum atomic E-state index is -4.64. The zero-order valence-corrected chi connectivity index (χ0v) is 27.0. The van der Waals surface area contributed by atoms with Crippen LogP contribution in [0.3, 0.4) is 0 Å². The summed E-state index contributed by atoms with van der Waals surface area (Å²) in [5, 5.41) is 7.96. The summed E-state index contributed by atoms with van der Waals surface area (Å²) < 4.78 is 41.7. The molecule has 0 saturated carbocycles. The number of hydrogen-bond donors (Lipinski definition) is 3. The summed E-state index contributed by atoms with van der Waals surface area (Å²) in [5.74, 6) is 0.0319. The second-order valence-electron chi connectivity index (χ2n) is 11.7. The number of rotatable bonds is 10. The number of amides is 3. The number of halogens is 3. The van der Waals surface area contributed by atoms with Crippen LogP contribution in [0.1, 0.15) is 45.7 Å². The van der Waals surface area contributed by atoms with E-state index in [1.54, 1.807) is 48.7 Å². The lowest BCUT2D eigenvalue weighted by atomic mass is 9.97. The Morgan fingerprint density at radius 1 is 0.959 bits per heavy atom. The Morgan fingerprint density at radius 3 is 2.49 bits per heavy atom. The molecule has 10 nitrogen and oxygen atoms in total. The molecule has 2 aromatic heterocycles. The number of nitrogens with one attached hydrogen (secondary N) is 3. The topological polar surface area (TPSA) is 129 Å². The van der Waals surface area contributed by atoms with Gasteiger partial charge in [-0.2, -0.15) is 13.2 Å². The van der Waals surface area contributed by atoms with Crippen LogP contribution in [0.15, 0.2) is 83.9 Å². The van der Waals surface area contributed by atoms with Gasteiger partial charge in [-0.05, 0) is 84.6 Å². The van der Waals surface area contributed by atoms with Crippen LogP contribution in [0.25, 0.3) is 17.3 Å². The number of benzene rings is 2. The number of carbonyl (C=O) groups is 3. The molecule has 4 heterocycles. The summed E-state index contributed by atoms with van der Waals surface area (Å²) in [5.41, 5.74) is 1.76. The Bertz CT molecular complexity index is 1880. The van der Waals surface area contributed by atoms with Gasteiger partial charge >= 0.3 is 6.18 Å². The van der Waals surface area contributed by atoms with E-state index in [2.05, 4.69) is 30.9 Å². The molecule has 0 radical (unpaired) electrons. The molecule has 0 atom stereocenters. The number of aromatic nitrogens is 3. The average Bonchev–Trinajstić information content (AvgIpc) is 3.43. The molecule has 0 spiro atoms. The molecule has 3 amide bonds. The Balaban J connectivity index is 1.06. The first kappa shape index (κ1) is 33.8. The predicted molar refractivity (Wildman–Crippen MR) is 180 cm³/mol. The maximum atomic E-state index is 13.9. The Kier molecular flexibility index (Phi) is 10.3. The molecule has 14 heteroatoms. The first-order chi connectivity index (χ1) is 23.6. The quantitative estimate of drug-likeness (QED) is 0.177. The number of imide groups is 1. The van der Waals surface area contributed by atoms with Gasteiger partial charge in [-0.1, -0.05) is 42.5 Å². The Labute approximate surface area is 284 Å². The van der Waals surface area contributed by atoms with Gasteiger partial charge < -0.3 is 15.5 Å². The SMILES string of the molecule is O=C1NC(=O)/C(=C/c2ccnc(N3CCC(CNCc4cc(-c5cccc(C(=O)NCc6ccccc6)c5)nc(C(F)(F)F)c4)CC3)n2)S1. The smallest absolute Gasteiger partial charge is 0.348 e. The van der Waals surface area contributed by atoms with Gasteiger partial charge in [-0.15, -0.1) is 0 Å². The van der Waals surface area contributed by atoms with Crippen molar-refractivity contribution in [3.63, 3.8) is 0 Å². The van der Waals surface area contributed by atoms with Crippen molar-refractivity contribution in [3.05, 3.63) is 112 Å². The molecule has 2 aliphatic rings. The van der Waals surface area contributed by atoms with Crippen LogP contribution in [-0.4, -0.2) is 51.6 Å². The average molecular weight is 688 g/mol. The lowest BCUT2D eigenvalue weighted by molar-refractivity contribution is -0.141. The van der Waals surface area contributed by atoms with Crippen LogP contribution in [0.5, 0.6) is 0 Å². The van der Waals surface area contributed by atoms with Gasteiger partial charge in [0, 0.05) is 43.5 Å². The van der Waals surface area contributed by atoms with E-state index in [1.807, 2.05) is 35.2 Å². The lowest BCUT2D eigenvalue weighted by Gasteiger charge is -2.32. The standard InChI is InChI=1S/C35H32F3N7O3S/c36-35(37,38)30-16-24(15-28(43-30)25-7-4-8-26(17-25)31(46)41-21-22-5-2-1-3-6-22)20-39-19-23-10-13-45(14-11-23)33-40-12-9-27(42-33)18-29-32(47)44-34(48)49-29/h1-9,12,15-18,23,39H,10-11,13-14,19-21H2,(H,41,46)(H,44,47,48)/b29-18-. The number of nitrogens with zero attached hydrogens (tertiary/aromatic N) is 4. The van der Waals surface area contributed by atoms with Gasteiger partial charge in [0.1, 0.15) is 5.69 Å². The van der Waals surface area contributed by atoms with Crippen molar-refractivity contribution in [2.75, 3.05) is 24.5 Å².